The van der Waals surface area contributed by atoms with Crippen LogP contribution >= 0.6 is 11.8 Å². The fraction of sp³-hybridized carbons (Fsp3) is 0.462. The highest BCUT2D eigenvalue weighted by atomic mass is 32.2. The molecule has 1 aromatic rings. The number of nitrogens with two attached hydrogens (primary N) is 1. The molecule has 0 bridgehead atoms. The number of carbonyl (C=O) groups is 1. The Morgan fingerprint density at radius 3 is 2.41 bits per heavy atom. The van der Waals surface area contributed by atoms with Crippen LogP contribution in [0.3, 0.4) is 0 Å². The number of amides is 2. The molecule has 0 aromatic heterocycles. The summed E-state index contributed by atoms with van der Waals surface area (Å²) in [6, 6.07) is 7.99. The van der Waals surface area contributed by atoms with Crippen molar-refractivity contribution in [3.63, 3.8) is 0 Å². The van der Waals surface area contributed by atoms with Crippen molar-refractivity contribution >= 4 is 17.8 Å². The van der Waals surface area contributed by atoms with Gasteiger partial charge in [-0.25, -0.2) is 4.79 Å². The monoisotopic (exact) mass is 252 g/mol. The van der Waals surface area contributed by atoms with Gasteiger partial charge in [-0.05, 0) is 23.4 Å². The summed E-state index contributed by atoms with van der Waals surface area (Å²) < 4.78 is 0. The van der Waals surface area contributed by atoms with Crippen LogP contribution in [0, 0.1) is 0 Å². The highest BCUT2D eigenvalue weighted by Gasteiger charge is 2.20. The van der Waals surface area contributed by atoms with Crippen LogP contribution in [0.4, 0.5) is 4.79 Å². The maximum atomic E-state index is 10.7. The Kier molecular flexibility index (Phi) is 4.87. The minimum atomic E-state index is -0.476. The molecule has 0 heterocycles. The molecule has 94 valence electrons. The van der Waals surface area contributed by atoms with Gasteiger partial charge in [-0.15, -0.1) is 11.8 Å². The molecule has 0 aliphatic rings. The maximum Gasteiger partial charge on any atom is 0.312 e. The molecule has 0 radical (unpaired) electrons. The lowest BCUT2D eigenvalue weighted by Crippen LogP contribution is -2.39. The zero-order chi connectivity index (χ0) is 12.9. The van der Waals surface area contributed by atoms with Crippen LogP contribution in [-0.2, 0) is 5.41 Å². The second-order valence-corrected chi connectivity index (χ2v) is 5.90. The normalized spacial score (nSPS) is 11.2. The second-order valence-electron chi connectivity index (χ2n) is 4.56. The molecule has 0 fully saturated rings. The largest absolute Gasteiger partial charge is 0.352 e. The van der Waals surface area contributed by atoms with Gasteiger partial charge in [0.2, 0.25) is 0 Å². The second kappa shape index (κ2) is 5.96. The minimum Gasteiger partial charge on any atom is -0.352 e. The van der Waals surface area contributed by atoms with Gasteiger partial charge >= 0.3 is 6.03 Å². The van der Waals surface area contributed by atoms with E-state index < -0.39 is 6.03 Å². The van der Waals surface area contributed by atoms with Crippen molar-refractivity contribution in [3.05, 3.63) is 29.8 Å². The molecule has 0 unspecified atom stereocenters. The van der Waals surface area contributed by atoms with E-state index in [1.807, 2.05) is 11.8 Å². The smallest absolute Gasteiger partial charge is 0.312 e. The number of urea groups is 1. The van der Waals surface area contributed by atoms with Crippen LogP contribution in [0.25, 0.3) is 0 Å². The molecule has 1 aromatic carbocycles. The Balaban J connectivity index is 2.73. The van der Waals surface area contributed by atoms with Gasteiger partial charge in [-0.3, -0.25) is 0 Å². The third-order valence-electron chi connectivity index (χ3n) is 2.65. The number of rotatable bonds is 5. The Labute approximate surface area is 107 Å². The van der Waals surface area contributed by atoms with Crippen molar-refractivity contribution < 1.29 is 4.79 Å². The summed E-state index contributed by atoms with van der Waals surface area (Å²) in [6.45, 7) is 6.86. The number of hydrogen-bond donors (Lipinski definition) is 2. The predicted octanol–water partition coefficient (Wildman–Crippen LogP) is 2.74. The number of primary amides is 1. The highest BCUT2D eigenvalue weighted by Crippen LogP contribution is 2.25. The third-order valence-corrected chi connectivity index (χ3v) is 3.55. The van der Waals surface area contributed by atoms with E-state index in [2.05, 4.69) is 50.4 Å². The van der Waals surface area contributed by atoms with E-state index in [0.717, 1.165) is 5.75 Å². The first kappa shape index (κ1) is 13.9. The predicted molar refractivity (Wildman–Crippen MR) is 73.5 cm³/mol. The molecule has 0 saturated heterocycles. The molecule has 1 rings (SSSR count). The fourth-order valence-corrected chi connectivity index (χ4v) is 2.24. The standard InChI is InChI=1S/C13H20N2OS/c1-4-17-11-7-5-10(6-8-11)13(2,3)9-15-12(14)16/h5-8H,4,9H2,1-3H3,(H3,14,15,16). The molecule has 3 nitrogen and oxygen atoms in total. The van der Waals surface area contributed by atoms with E-state index in [0.29, 0.717) is 6.54 Å². The average molecular weight is 252 g/mol. The van der Waals surface area contributed by atoms with Gasteiger partial charge in [0.05, 0.1) is 0 Å². The van der Waals surface area contributed by atoms with E-state index in [-0.39, 0.29) is 5.41 Å². The molecule has 0 aliphatic carbocycles. The first-order chi connectivity index (χ1) is 7.95. The Morgan fingerprint density at radius 2 is 1.94 bits per heavy atom. The molecular formula is C13H20N2OS. The Morgan fingerprint density at radius 1 is 1.35 bits per heavy atom. The van der Waals surface area contributed by atoms with E-state index in [9.17, 15) is 4.79 Å². The molecule has 2 amide bonds. The van der Waals surface area contributed by atoms with Crippen molar-refractivity contribution in [2.45, 2.75) is 31.1 Å². The first-order valence-corrected chi connectivity index (χ1v) is 6.71. The number of thioether (sulfide) groups is 1. The van der Waals surface area contributed by atoms with Gasteiger partial charge in [-0.1, -0.05) is 32.9 Å². The van der Waals surface area contributed by atoms with Crippen LogP contribution in [0.1, 0.15) is 26.3 Å². The Bertz CT molecular complexity index is 374. The Hall–Kier alpha value is -1.16. The molecule has 4 heteroatoms. The summed E-state index contributed by atoms with van der Waals surface area (Å²) in [6.07, 6.45) is 0. The van der Waals surface area contributed by atoms with Crippen LogP contribution in [-0.4, -0.2) is 18.3 Å². The van der Waals surface area contributed by atoms with Gasteiger partial charge in [0.1, 0.15) is 0 Å². The molecule has 3 N–H and O–H groups in total. The summed E-state index contributed by atoms with van der Waals surface area (Å²) in [5.74, 6) is 1.08. The molecule has 0 aliphatic heterocycles. The van der Waals surface area contributed by atoms with Crippen LogP contribution in [0.5, 0.6) is 0 Å². The van der Waals surface area contributed by atoms with E-state index in [1.54, 1.807) is 0 Å². The summed E-state index contributed by atoms with van der Waals surface area (Å²) in [7, 11) is 0. The zero-order valence-electron chi connectivity index (χ0n) is 10.6. The van der Waals surface area contributed by atoms with Crippen molar-refractivity contribution in [2.75, 3.05) is 12.3 Å². The lowest BCUT2D eigenvalue weighted by molar-refractivity contribution is 0.246. The van der Waals surface area contributed by atoms with Crippen molar-refractivity contribution in [2.24, 2.45) is 5.73 Å². The number of hydrogen-bond acceptors (Lipinski definition) is 2. The summed E-state index contributed by atoms with van der Waals surface area (Å²) in [5, 5.41) is 2.66. The maximum absolute atomic E-state index is 10.7. The van der Waals surface area contributed by atoms with Gasteiger partial charge in [0, 0.05) is 16.9 Å². The molecule has 17 heavy (non-hydrogen) atoms. The quantitative estimate of drug-likeness (QED) is 0.792. The zero-order valence-corrected chi connectivity index (χ0v) is 11.4. The number of carbonyl (C=O) groups excluding carboxylic acids is 1. The molecule has 0 saturated carbocycles. The van der Waals surface area contributed by atoms with E-state index in [1.165, 1.54) is 10.5 Å². The lowest BCUT2D eigenvalue weighted by Gasteiger charge is -2.25. The minimum absolute atomic E-state index is 0.107. The van der Waals surface area contributed by atoms with Crippen LogP contribution in [0.15, 0.2) is 29.2 Å². The molecule has 0 atom stereocenters. The molecule has 0 spiro atoms. The van der Waals surface area contributed by atoms with Gasteiger partial charge in [0.25, 0.3) is 0 Å². The van der Waals surface area contributed by atoms with Gasteiger partial charge < -0.3 is 11.1 Å². The summed E-state index contributed by atoms with van der Waals surface area (Å²) in [4.78, 5) is 12.0. The van der Waals surface area contributed by atoms with Crippen LogP contribution in [0.2, 0.25) is 0 Å². The summed E-state index contributed by atoms with van der Waals surface area (Å²) in [5.41, 5.74) is 6.18. The lowest BCUT2D eigenvalue weighted by atomic mass is 9.85. The van der Waals surface area contributed by atoms with Crippen molar-refractivity contribution in [1.29, 1.82) is 0 Å². The van der Waals surface area contributed by atoms with Crippen molar-refractivity contribution in [3.8, 4) is 0 Å². The van der Waals surface area contributed by atoms with Gasteiger partial charge in [-0.2, -0.15) is 0 Å². The van der Waals surface area contributed by atoms with E-state index in [4.69, 9.17) is 5.73 Å². The highest BCUT2D eigenvalue weighted by molar-refractivity contribution is 7.99. The average Bonchev–Trinajstić information content (AvgIpc) is 2.28. The van der Waals surface area contributed by atoms with E-state index >= 15 is 0 Å². The summed E-state index contributed by atoms with van der Waals surface area (Å²) >= 11 is 1.82. The first-order valence-electron chi connectivity index (χ1n) is 5.72. The van der Waals surface area contributed by atoms with Crippen molar-refractivity contribution in [1.82, 2.24) is 5.32 Å². The number of nitrogens with one attached hydrogen (secondary N) is 1. The topological polar surface area (TPSA) is 55.1 Å². The van der Waals surface area contributed by atoms with Gasteiger partial charge in [0.15, 0.2) is 0 Å². The third kappa shape index (κ3) is 4.30. The fourth-order valence-electron chi connectivity index (χ4n) is 1.58. The number of benzene rings is 1. The molecular weight excluding hydrogens is 232 g/mol. The van der Waals surface area contributed by atoms with Crippen LogP contribution < -0.4 is 11.1 Å². The SMILES string of the molecule is CCSc1ccc(C(C)(C)CNC(N)=O)cc1.